The minimum absolute atomic E-state index is 0.117. The van der Waals surface area contributed by atoms with Crippen LogP contribution in [0.25, 0.3) is 0 Å². The van der Waals surface area contributed by atoms with Gasteiger partial charge in [-0.15, -0.1) is 11.8 Å². The normalized spacial score (nSPS) is 12.9. The zero-order valence-electron chi connectivity index (χ0n) is 8.20. The smallest absolute Gasteiger partial charge is 0.140 e. The molecular weight excluding hydrogens is 222 g/mol. The summed E-state index contributed by atoms with van der Waals surface area (Å²) in [6.45, 7) is 1.13. The maximum Gasteiger partial charge on any atom is 0.140 e. The number of aliphatic hydroxyl groups is 2. The quantitative estimate of drug-likeness (QED) is 0.782. The van der Waals surface area contributed by atoms with Gasteiger partial charge in [-0.2, -0.15) is 0 Å². The summed E-state index contributed by atoms with van der Waals surface area (Å²) >= 11 is 0.934. The molecule has 0 aliphatic rings. The molecule has 0 amide bonds. The van der Waals surface area contributed by atoms with Crippen molar-refractivity contribution in [2.75, 3.05) is 6.61 Å². The minimum atomic E-state index is -0.704. The molecule has 84 valence electrons. The van der Waals surface area contributed by atoms with Crippen LogP contribution in [0.2, 0.25) is 0 Å². The maximum absolute atomic E-state index is 13.3. The fraction of sp³-hybridized carbons (Fsp3) is 0.400. The van der Waals surface area contributed by atoms with Gasteiger partial charge in [-0.25, -0.2) is 8.78 Å². The van der Waals surface area contributed by atoms with E-state index in [1.54, 1.807) is 6.92 Å². The van der Waals surface area contributed by atoms with Crippen molar-refractivity contribution < 1.29 is 19.0 Å². The molecule has 0 aromatic heterocycles. The van der Waals surface area contributed by atoms with Gasteiger partial charge in [0.1, 0.15) is 11.6 Å². The SMILES string of the molecule is CC(CO)Sc1c(F)cc(CO)cc1F. The predicted molar refractivity (Wildman–Crippen MR) is 54.7 cm³/mol. The van der Waals surface area contributed by atoms with Crippen LogP contribution < -0.4 is 0 Å². The lowest BCUT2D eigenvalue weighted by Crippen LogP contribution is -2.04. The molecule has 0 aliphatic heterocycles. The zero-order valence-corrected chi connectivity index (χ0v) is 9.02. The number of aliphatic hydroxyl groups excluding tert-OH is 2. The van der Waals surface area contributed by atoms with Crippen LogP contribution in [0.5, 0.6) is 0 Å². The third-order valence-corrected chi connectivity index (χ3v) is 2.99. The standard InChI is InChI=1S/C10H12F2O2S/c1-6(4-13)15-10-8(11)2-7(5-14)3-9(10)12/h2-3,6,13-14H,4-5H2,1H3. The first-order chi connectivity index (χ1) is 7.08. The van der Waals surface area contributed by atoms with Crippen molar-refractivity contribution in [3.63, 3.8) is 0 Å². The van der Waals surface area contributed by atoms with Gasteiger partial charge in [0.25, 0.3) is 0 Å². The second kappa shape index (κ2) is 5.44. The lowest BCUT2D eigenvalue weighted by atomic mass is 10.2. The molecule has 0 heterocycles. The first-order valence-electron chi connectivity index (χ1n) is 4.44. The Labute approximate surface area is 90.9 Å². The molecule has 1 unspecified atom stereocenters. The van der Waals surface area contributed by atoms with Gasteiger partial charge in [0.15, 0.2) is 0 Å². The van der Waals surface area contributed by atoms with E-state index in [4.69, 9.17) is 10.2 Å². The number of hydrogen-bond acceptors (Lipinski definition) is 3. The van der Waals surface area contributed by atoms with E-state index < -0.39 is 18.2 Å². The first-order valence-corrected chi connectivity index (χ1v) is 5.32. The minimum Gasteiger partial charge on any atom is -0.395 e. The molecule has 1 rings (SSSR count). The molecule has 0 radical (unpaired) electrons. The molecule has 5 heteroatoms. The second-order valence-corrected chi connectivity index (χ2v) is 4.61. The summed E-state index contributed by atoms with van der Waals surface area (Å²) in [6, 6.07) is 2.19. The monoisotopic (exact) mass is 234 g/mol. The van der Waals surface area contributed by atoms with E-state index in [-0.39, 0.29) is 22.3 Å². The van der Waals surface area contributed by atoms with E-state index in [9.17, 15) is 8.78 Å². The summed E-state index contributed by atoms with van der Waals surface area (Å²) in [6.07, 6.45) is 0. The molecule has 0 bridgehead atoms. The Hall–Kier alpha value is -0.650. The lowest BCUT2D eigenvalue weighted by Gasteiger charge is -2.10. The number of benzene rings is 1. The van der Waals surface area contributed by atoms with Gasteiger partial charge in [-0.05, 0) is 17.7 Å². The van der Waals surface area contributed by atoms with Crippen molar-refractivity contribution in [3.8, 4) is 0 Å². The highest BCUT2D eigenvalue weighted by atomic mass is 32.2. The van der Waals surface area contributed by atoms with Crippen molar-refractivity contribution in [2.45, 2.75) is 23.7 Å². The molecule has 0 aliphatic carbocycles. The van der Waals surface area contributed by atoms with Crippen LogP contribution in [0.3, 0.4) is 0 Å². The van der Waals surface area contributed by atoms with Crippen LogP contribution in [0.4, 0.5) is 8.78 Å². The fourth-order valence-corrected chi connectivity index (χ4v) is 1.87. The number of halogens is 2. The number of rotatable bonds is 4. The van der Waals surface area contributed by atoms with Crippen molar-refractivity contribution in [2.24, 2.45) is 0 Å². The third kappa shape index (κ3) is 3.15. The van der Waals surface area contributed by atoms with Crippen LogP contribution in [-0.4, -0.2) is 22.1 Å². The Morgan fingerprint density at radius 3 is 2.20 bits per heavy atom. The largest absolute Gasteiger partial charge is 0.395 e. The highest BCUT2D eigenvalue weighted by Gasteiger charge is 2.14. The molecule has 1 aromatic rings. The van der Waals surface area contributed by atoms with Gasteiger partial charge in [0.05, 0.1) is 18.1 Å². The molecule has 1 aromatic carbocycles. The topological polar surface area (TPSA) is 40.5 Å². The highest BCUT2D eigenvalue weighted by molar-refractivity contribution is 8.00. The van der Waals surface area contributed by atoms with E-state index in [0.717, 1.165) is 23.9 Å². The van der Waals surface area contributed by atoms with Gasteiger partial charge in [0.2, 0.25) is 0 Å². The molecular formula is C10H12F2O2S. The first kappa shape index (κ1) is 12.4. The molecule has 2 nitrogen and oxygen atoms in total. The van der Waals surface area contributed by atoms with Crippen molar-refractivity contribution in [3.05, 3.63) is 29.3 Å². The Morgan fingerprint density at radius 2 is 1.80 bits per heavy atom. The number of thioether (sulfide) groups is 1. The molecule has 0 saturated heterocycles. The molecule has 0 fully saturated rings. The van der Waals surface area contributed by atoms with Gasteiger partial charge < -0.3 is 10.2 Å². The summed E-state index contributed by atoms with van der Waals surface area (Å²) in [5.41, 5.74) is 0.200. The maximum atomic E-state index is 13.3. The van der Waals surface area contributed by atoms with Gasteiger partial charge in [-0.3, -0.25) is 0 Å². The Balaban J connectivity index is 2.98. The van der Waals surface area contributed by atoms with E-state index in [1.165, 1.54) is 0 Å². The van der Waals surface area contributed by atoms with E-state index in [1.807, 2.05) is 0 Å². The van der Waals surface area contributed by atoms with Crippen LogP contribution >= 0.6 is 11.8 Å². The van der Waals surface area contributed by atoms with Crippen molar-refractivity contribution in [1.82, 2.24) is 0 Å². The molecule has 15 heavy (non-hydrogen) atoms. The van der Waals surface area contributed by atoms with Crippen LogP contribution in [0.15, 0.2) is 17.0 Å². The van der Waals surface area contributed by atoms with Gasteiger partial charge >= 0.3 is 0 Å². The lowest BCUT2D eigenvalue weighted by molar-refractivity contribution is 0.280. The van der Waals surface area contributed by atoms with E-state index >= 15 is 0 Å². The summed E-state index contributed by atoms with van der Waals surface area (Å²) in [5.74, 6) is -1.41. The van der Waals surface area contributed by atoms with Crippen molar-refractivity contribution in [1.29, 1.82) is 0 Å². The summed E-state index contributed by atoms with van der Waals surface area (Å²) in [5, 5.41) is 17.2. The van der Waals surface area contributed by atoms with E-state index in [0.29, 0.717) is 0 Å². The summed E-state index contributed by atoms with van der Waals surface area (Å²) in [4.78, 5) is -0.117. The molecule has 2 N–H and O–H groups in total. The van der Waals surface area contributed by atoms with Gasteiger partial charge in [-0.1, -0.05) is 6.92 Å². The third-order valence-electron chi connectivity index (χ3n) is 1.82. The van der Waals surface area contributed by atoms with E-state index in [2.05, 4.69) is 0 Å². The van der Waals surface area contributed by atoms with Crippen molar-refractivity contribution >= 4 is 11.8 Å². The number of hydrogen-bond donors (Lipinski definition) is 2. The highest BCUT2D eigenvalue weighted by Crippen LogP contribution is 2.29. The Kier molecular flexibility index (Phi) is 4.50. The molecule has 0 spiro atoms. The predicted octanol–water partition coefficient (Wildman–Crippen LogP) is 1.93. The van der Waals surface area contributed by atoms with Gasteiger partial charge in [0, 0.05) is 5.25 Å². The fourth-order valence-electron chi connectivity index (χ4n) is 1.05. The summed E-state index contributed by atoms with van der Waals surface area (Å²) in [7, 11) is 0. The Morgan fingerprint density at radius 1 is 1.27 bits per heavy atom. The average Bonchev–Trinajstić information content (AvgIpc) is 2.22. The second-order valence-electron chi connectivity index (χ2n) is 3.16. The summed E-state index contributed by atoms with van der Waals surface area (Å²) < 4.78 is 26.7. The Bertz CT molecular complexity index is 321. The van der Waals surface area contributed by atoms with Crippen LogP contribution in [0.1, 0.15) is 12.5 Å². The molecule has 0 saturated carbocycles. The van der Waals surface area contributed by atoms with Crippen LogP contribution in [0, 0.1) is 11.6 Å². The zero-order chi connectivity index (χ0) is 11.4. The van der Waals surface area contributed by atoms with Crippen LogP contribution in [-0.2, 0) is 6.61 Å². The molecule has 1 atom stereocenters. The average molecular weight is 234 g/mol.